The Morgan fingerprint density at radius 1 is 1.10 bits per heavy atom. The summed E-state index contributed by atoms with van der Waals surface area (Å²) >= 11 is 0. The molecule has 30 heavy (non-hydrogen) atoms. The van der Waals surface area contributed by atoms with Crippen LogP contribution in [0, 0.1) is 19.7 Å². The third kappa shape index (κ3) is 5.72. The number of nitrogens with one attached hydrogen (secondary N) is 1. The zero-order valence-corrected chi connectivity index (χ0v) is 18.0. The summed E-state index contributed by atoms with van der Waals surface area (Å²) in [5, 5.41) is 3.06. The van der Waals surface area contributed by atoms with Gasteiger partial charge in [0.05, 0.1) is 6.54 Å². The number of benzene rings is 2. The van der Waals surface area contributed by atoms with Crippen molar-refractivity contribution in [3.05, 3.63) is 89.0 Å². The van der Waals surface area contributed by atoms with Crippen molar-refractivity contribution in [2.45, 2.75) is 46.7 Å². The fraction of sp³-hybridized carbons (Fsp3) is 0.320. The van der Waals surface area contributed by atoms with E-state index >= 15 is 0 Å². The van der Waals surface area contributed by atoms with E-state index in [1.807, 2.05) is 55.3 Å². The lowest BCUT2D eigenvalue weighted by atomic mass is 10.1. The van der Waals surface area contributed by atoms with E-state index in [0.29, 0.717) is 19.6 Å². The second-order valence-corrected chi connectivity index (χ2v) is 7.78. The van der Waals surface area contributed by atoms with Gasteiger partial charge in [-0.05, 0) is 61.7 Å². The molecule has 4 nitrogen and oxygen atoms in total. The average molecular weight is 408 g/mol. The SMILES string of the molecule is CCCCN(Cc1cccn1Cc1cccc(F)c1)C(=O)Nc1ccc(C)cc1C. The van der Waals surface area contributed by atoms with Crippen molar-refractivity contribution in [2.75, 3.05) is 11.9 Å². The number of nitrogens with zero attached hydrogens (tertiary/aromatic N) is 2. The maximum atomic E-state index is 13.5. The molecule has 0 fully saturated rings. The molecule has 5 heteroatoms. The minimum atomic E-state index is -0.237. The summed E-state index contributed by atoms with van der Waals surface area (Å²) in [6.07, 6.45) is 3.92. The highest BCUT2D eigenvalue weighted by Crippen LogP contribution is 2.18. The number of carbonyl (C=O) groups excluding carboxylic acids is 1. The van der Waals surface area contributed by atoms with Crippen LogP contribution in [0.25, 0.3) is 0 Å². The summed E-state index contributed by atoms with van der Waals surface area (Å²) in [5.74, 6) is -0.237. The lowest BCUT2D eigenvalue weighted by Gasteiger charge is -2.24. The monoisotopic (exact) mass is 407 g/mol. The topological polar surface area (TPSA) is 37.3 Å². The number of halogens is 1. The molecule has 0 spiro atoms. The number of hydrogen-bond donors (Lipinski definition) is 1. The van der Waals surface area contributed by atoms with Crippen LogP contribution in [-0.2, 0) is 13.1 Å². The molecular formula is C25H30FN3O. The first kappa shape index (κ1) is 21.6. The van der Waals surface area contributed by atoms with E-state index < -0.39 is 0 Å². The number of hydrogen-bond acceptors (Lipinski definition) is 1. The van der Waals surface area contributed by atoms with E-state index in [2.05, 4.69) is 22.9 Å². The van der Waals surface area contributed by atoms with Gasteiger partial charge in [-0.1, -0.05) is 43.2 Å². The summed E-state index contributed by atoms with van der Waals surface area (Å²) in [6.45, 7) is 7.91. The average Bonchev–Trinajstić information content (AvgIpc) is 3.13. The van der Waals surface area contributed by atoms with Gasteiger partial charge in [-0.2, -0.15) is 0 Å². The molecule has 0 aliphatic rings. The third-order valence-electron chi connectivity index (χ3n) is 5.21. The summed E-state index contributed by atoms with van der Waals surface area (Å²) in [4.78, 5) is 14.9. The molecule has 0 saturated heterocycles. The summed E-state index contributed by atoms with van der Waals surface area (Å²) in [6, 6.07) is 16.5. The van der Waals surface area contributed by atoms with E-state index in [1.54, 1.807) is 12.1 Å². The van der Waals surface area contributed by atoms with E-state index in [1.165, 1.54) is 11.6 Å². The molecule has 1 aromatic heterocycles. The highest BCUT2D eigenvalue weighted by atomic mass is 19.1. The molecule has 1 heterocycles. The smallest absolute Gasteiger partial charge is 0.322 e. The maximum absolute atomic E-state index is 13.5. The van der Waals surface area contributed by atoms with Gasteiger partial charge < -0.3 is 14.8 Å². The zero-order valence-electron chi connectivity index (χ0n) is 18.0. The standard InChI is InChI=1S/C25H30FN3O/c1-4-5-13-29(25(30)27-24-12-11-19(2)15-20(24)3)18-23-10-7-14-28(23)17-21-8-6-9-22(26)16-21/h6-12,14-16H,4-5,13,17-18H2,1-3H3,(H,27,30). The van der Waals surface area contributed by atoms with Gasteiger partial charge >= 0.3 is 6.03 Å². The molecule has 0 atom stereocenters. The summed E-state index contributed by atoms with van der Waals surface area (Å²) in [7, 11) is 0. The maximum Gasteiger partial charge on any atom is 0.322 e. The number of anilines is 1. The summed E-state index contributed by atoms with van der Waals surface area (Å²) in [5.41, 5.74) is 4.97. The van der Waals surface area contributed by atoms with Crippen molar-refractivity contribution in [3.8, 4) is 0 Å². The fourth-order valence-corrected chi connectivity index (χ4v) is 3.52. The van der Waals surface area contributed by atoms with Crippen molar-refractivity contribution in [1.82, 2.24) is 9.47 Å². The normalized spacial score (nSPS) is 10.8. The highest BCUT2D eigenvalue weighted by molar-refractivity contribution is 5.90. The molecule has 0 unspecified atom stereocenters. The minimum Gasteiger partial charge on any atom is -0.345 e. The Hall–Kier alpha value is -3.08. The predicted octanol–water partition coefficient (Wildman–Crippen LogP) is 6.13. The molecule has 0 aliphatic carbocycles. The van der Waals surface area contributed by atoms with Gasteiger partial charge in [0.15, 0.2) is 0 Å². The Morgan fingerprint density at radius 2 is 1.93 bits per heavy atom. The van der Waals surface area contributed by atoms with E-state index in [9.17, 15) is 9.18 Å². The Balaban J connectivity index is 1.75. The Bertz CT molecular complexity index is 996. The van der Waals surface area contributed by atoms with Gasteiger partial charge in [0.2, 0.25) is 0 Å². The van der Waals surface area contributed by atoms with Crippen molar-refractivity contribution >= 4 is 11.7 Å². The number of urea groups is 1. The lowest BCUT2D eigenvalue weighted by molar-refractivity contribution is 0.207. The van der Waals surface area contributed by atoms with Crippen molar-refractivity contribution < 1.29 is 9.18 Å². The first-order valence-electron chi connectivity index (χ1n) is 10.5. The first-order valence-corrected chi connectivity index (χ1v) is 10.5. The number of unbranched alkanes of at least 4 members (excludes halogenated alkanes) is 1. The minimum absolute atomic E-state index is 0.103. The molecule has 3 rings (SSSR count). The van der Waals surface area contributed by atoms with Crippen LogP contribution in [0.2, 0.25) is 0 Å². The van der Waals surface area contributed by atoms with Crippen LogP contribution in [0.3, 0.4) is 0 Å². The number of aromatic nitrogens is 1. The van der Waals surface area contributed by atoms with Crippen molar-refractivity contribution in [2.24, 2.45) is 0 Å². The highest BCUT2D eigenvalue weighted by Gasteiger charge is 2.16. The molecule has 0 aliphatic heterocycles. The Kier molecular flexibility index (Phi) is 7.28. The molecule has 0 bridgehead atoms. The van der Waals surface area contributed by atoms with Gasteiger partial charge in [-0.25, -0.2) is 9.18 Å². The van der Waals surface area contributed by atoms with Crippen molar-refractivity contribution in [3.63, 3.8) is 0 Å². The van der Waals surface area contributed by atoms with Gasteiger partial charge in [0.25, 0.3) is 0 Å². The van der Waals surface area contributed by atoms with Crippen LogP contribution in [0.5, 0.6) is 0 Å². The van der Waals surface area contributed by atoms with Gasteiger partial charge in [-0.15, -0.1) is 0 Å². The Labute approximate surface area is 178 Å². The molecule has 2 amide bonds. The molecule has 0 radical (unpaired) electrons. The zero-order chi connectivity index (χ0) is 21.5. The van der Waals surface area contributed by atoms with Crippen LogP contribution in [0.4, 0.5) is 14.9 Å². The van der Waals surface area contributed by atoms with Gasteiger partial charge in [0, 0.05) is 30.7 Å². The second-order valence-electron chi connectivity index (χ2n) is 7.78. The molecule has 158 valence electrons. The van der Waals surface area contributed by atoms with Crippen LogP contribution in [0.1, 0.15) is 42.1 Å². The fourth-order valence-electron chi connectivity index (χ4n) is 3.52. The predicted molar refractivity (Wildman–Crippen MR) is 120 cm³/mol. The molecule has 3 aromatic rings. The van der Waals surface area contributed by atoms with Crippen LogP contribution >= 0.6 is 0 Å². The third-order valence-corrected chi connectivity index (χ3v) is 5.21. The van der Waals surface area contributed by atoms with E-state index in [-0.39, 0.29) is 11.8 Å². The number of rotatable bonds is 8. The molecule has 0 saturated carbocycles. The Morgan fingerprint density at radius 3 is 2.67 bits per heavy atom. The molecular weight excluding hydrogens is 377 g/mol. The number of amides is 2. The quantitative estimate of drug-likeness (QED) is 0.479. The van der Waals surface area contributed by atoms with Gasteiger partial charge in [0.1, 0.15) is 5.82 Å². The molecule has 2 aromatic carbocycles. The first-order chi connectivity index (χ1) is 14.5. The van der Waals surface area contributed by atoms with Crippen LogP contribution in [0.15, 0.2) is 60.8 Å². The van der Waals surface area contributed by atoms with Crippen LogP contribution in [-0.4, -0.2) is 22.0 Å². The number of aryl methyl sites for hydroxylation is 2. The van der Waals surface area contributed by atoms with E-state index in [0.717, 1.165) is 35.3 Å². The number of carbonyl (C=O) groups is 1. The van der Waals surface area contributed by atoms with Gasteiger partial charge in [-0.3, -0.25) is 0 Å². The van der Waals surface area contributed by atoms with Crippen LogP contribution < -0.4 is 5.32 Å². The second kappa shape index (κ2) is 10.1. The van der Waals surface area contributed by atoms with Crippen molar-refractivity contribution in [1.29, 1.82) is 0 Å². The molecule has 1 N–H and O–H groups in total. The lowest BCUT2D eigenvalue weighted by Crippen LogP contribution is -2.36. The van der Waals surface area contributed by atoms with E-state index in [4.69, 9.17) is 0 Å². The largest absolute Gasteiger partial charge is 0.345 e. The summed E-state index contributed by atoms with van der Waals surface area (Å²) < 4.78 is 15.6.